The summed E-state index contributed by atoms with van der Waals surface area (Å²) in [5.41, 5.74) is 0. The topological polar surface area (TPSA) is 55.8 Å². The summed E-state index contributed by atoms with van der Waals surface area (Å²) in [6.45, 7) is 8.46. The minimum atomic E-state index is -0.390. The van der Waals surface area contributed by atoms with Crippen LogP contribution in [0.2, 0.25) is 0 Å². The van der Waals surface area contributed by atoms with Gasteiger partial charge in [-0.15, -0.1) is 6.58 Å². The Bertz CT molecular complexity index is 316. The zero-order valence-corrected chi connectivity index (χ0v) is 11.1. The first-order valence-corrected chi connectivity index (χ1v) is 6.27. The first-order valence-electron chi connectivity index (χ1n) is 6.27. The van der Waals surface area contributed by atoms with Gasteiger partial charge in [0.2, 0.25) is 5.91 Å². The summed E-state index contributed by atoms with van der Waals surface area (Å²) in [6, 6.07) is 0. The zero-order chi connectivity index (χ0) is 13.5. The van der Waals surface area contributed by atoms with Crippen molar-refractivity contribution in [3.8, 4) is 0 Å². The van der Waals surface area contributed by atoms with Crippen LogP contribution in [0.15, 0.2) is 12.7 Å². The Balaban J connectivity index is 2.62. The van der Waals surface area contributed by atoms with E-state index in [2.05, 4.69) is 6.58 Å². The fraction of sp³-hybridized carbons (Fsp3) is 0.692. The van der Waals surface area contributed by atoms with Crippen LogP contribution in [0.1, 0.15) is 20.3 Å². The number of hydrogen-bond acceptors (Lipinski definition) is 4. The second-order valence-corrected chi connectivity index (χ2v) is 4.28. The van der Waals surface area contributed by atoms with Crippen molar-refractivity contribution in [3.63, 3.8) is 0 Å². The number of ether oxygens (including phenoxy) is 2. The van der Waals surface area contributed by atoms with Gasteiger partial charge in [-0.1, -0.05) is 6.08 Å². The van der Waals surface area contributed by atoms with E-state index in [1.807, 2.05) is 6.92 Å². The van der Waals surface area contributed by atoms with E-state index in [4.69, 9.17) is 9.47 Å². The van der Waals surface area contributed by atoms with Crippen molar-refractivity contribution in [3.05, 3.63) is 12.7 Å². The number of carbonyl (C=O) groups is 2. The molecular formula is C13H21NO4. The van der Waals surface area contributed by atoms with Crippen molar-refractivity contribution in [2.75, 3.05) is 26.3 Å². The molecule has 1 aliphatic rings. The lowest BCUT2D eigenvalue weighted by molar-refractivity contribution is -0.150. The third-order valence-electron chi connectivity index (χ3n) is 2.98. The summed E-state index contributed by atoms with van der Waals surface area (Å²) in [7, 11) is 0. The average molecular weight is 255 g/mol. The van der Waals surface area contributed by atoms with E-state index in [9.17, 15) is 9.59 Å². The van der Waals surface area contributed by atoms with Crippen molar-refractivity contribution in [1.29, 1.82) is 0 Å². The summed E-state index contributed by atoms with van der Waals surface area (Å²) in [5, 5.41) is 0. The zero-order valence-electron chi connectivity index (χ0n) is 11.1. The fourth-order valence-electron chi connectivity index (χ4n) is 2.04. The molecule has 5 heteroatoms. The Labute approximate surface area is 108 Å². The molecule has 1 heterocycles. The van der Waals surface area contributed by atoms with E-state index in [-0.39, 0.29) is 30.4 Å². The Morgan fingerprint density at radius 3 is 2.78 bits per heavy atom. The van der Waals surface area contributed by atoms with Crippen molar-refractivity contribution >= 4 is 11.9 Å². The molecule has 0 radical (unpaired) electrons. The number of nitrogens with zero attached hydrogens (tertiary/aromatic N) is 1. The number of amides is 1. The fourth-order valence-corrected chi connectivity index (χ4v) is 2.04. The normalized spacial score (nSPS) is 22.6. The van der Waals surface area contributed by atoms with Crippen LogP contribution in [0, 0.1) is 5.92 Å². The highest BCUT2D eigenvalue weighted by Gasteiger charge is 2.34. The van der Waals surface area contributed by atoms with E-state index in [1.165, 1.54) is 4.90 Å². The summed E-state index contributed by atoms with van der Waals surface area (Å²) in [4.78, 5) is 25.2. The average Bonchev–Trinajstić information content (AvgIpc) is 2.74. The highest BCUT2D eigenvalue weighted by Crippen LogP contribution is 2.22. The molecule has 0 bridgehead atoms. The summed E-state index contributed by atoms with van der Waals surface area (Å²) in [5.74, 6) is -0.619. The quantitative estimate of drug-likeness (QED) is 0.524. The molecule has 0 aliphatic carbocycles. The standard InChI is InChI=1S/C13H21NO4/c1-4-7-14(9-12(15)17-5-2)13(16)11-6-8-18-10(11)3/h4,10-11H,1,5-9H2,2-3H3. The molecule has 1 aliphatic heterocycles. The van der Waals surface area contributed by atoms with Gasteiger partial charge >= 0.3 is 5.97 Å². The van der Waals surface area contributed by atoms with Crippen molar-refractivity contribution < 1.29 is 19.1 Å². The molecule has 0 saturated carbocycles. The molecule has 0 N–H and O–H groups in total. The SMILES string of the molecule is C=CCN(CC(=O)OCC)C(=O)C1CCOC1C. The van der Waals surface area contributed by atoms with Gasteiger partial charge in [-0.05, 0) is 20.3 Å². The number of rotatable bonds is 6. The highest BCUT2D eigenvalue weighted by molar-refractivity contribution is 5.84. The van der Waals surface area contributed by atoms with Gasteiger partial charge in [-0.3, -0.25) is 9.59 Å². The molecule has 5 nitrogen and oxygen atoms in total. The predicted octanol–water partition coefficient (Wildman–Crippen LogP) is 0.989. The second kappa shape index (κ2) is 7.16. The maximum Gasteiger partial charge on any atom is 0.325 e. The molecular weight excluding hydrogens is 234 g/mol. The molecule has 0 aromatic carbocycles. The number of esters is 1. The maximum absolute atomic E-state index is 12.3. The van der Waals surface area contributed by atoms with Crippen LogP contribution in [0.5, 0.6) is 0 Å². The van der Waals surface area contributed by atoms with Gasteiger partial charge in [0.05, 0.1) is 18.6 Å². The Hall–Kier alpha value is -1.36. The molecule has 18 heavy (non-hydrogen) atoms. The Morgan fingerprint density at radius 1 is 1.56 bits per heavy atom. The minimum Gasteiger partial charge on any atom is -0.465 e. The van der Waals surface area contributed by atoms with Gasteiger partial charge in [0.15, 0.2) is 0 Å². The van der Waals surface area contributed by atoms with Crippen molar-refractivity contribution in [2.24, 2.45) is 5.92 Å². The van der Waals surface area contributed by atoms with Crippen LogP contribution in [0.3, 0.4) is 0 Å². The molecule has 2 atom stereocenters. The smallest absolute Gasteiger partial charge is 0.325 e. The van der Waals surface area contributed by atoms with Gasteiger partial charge in [0.25, 0.3) is 0 Å². The molecule has 1 rings (SSSR count). The highest BCUT2D eigenvalue weighted by atomic mass is 16.5. The van der Waals surface area contributed by atoms with E-state index in [1.54, 1.807) is 13.0 Å². The van der Waals surface area contributed by atoms with E-state index in [0.717, 1.165) is 0 Å². The largest absolute Gasteiger partial charge is 0.465 e. The van der Waals surface area contributed by atoms with Crippen LogP contribution in [0.4, 0.5) is 0 Å². The van der Waals surface area contributed by atoms with Crippen LogP contribution >= 0.6 is 0 Å². The first-order chi connectivity index (χ1) is 8.60. The summed E-state index contributed by atoms with van der Waals surface area (Å²) >= 11 is 0. The molecule has 1 amide bonds. The second-order valence-electron chi connectivity index (χ2n) is 4.28. The Morgan fingerprint density at radius 2 is 2.28 bits per heavy atom. The van der Waals surface area contributed by atoms with Crippen molar-refractivity contribution in [2.45, 2.75) is 26.4 Å². The van der Waals surface area contributed by atoms with E-state index in [0.29, 0.717) is 26.2 Å². The van der Waals surface area contributed by atoms with Gasteiger partial charge in [0.1, 0.15) is 6.54 Å². The van der Waals surface area contributed by atoms with Crippen LogP contribution in [0.25, 0.3) is 0 Å². The first kappa shape index (κ1) is 14.7. The van der Waals surface area contributed by atoms with E-state index >= 15 is 0 Å². The van der Waals surface area contributed by atoms with Crippen molar-refractivity contribution in [1.82, 2.24) is 4.90 Å². The van der Waals surface area contributed by atoms with Gasteiger partial charge in [-0.2, -0.15) is 0 Å². The summed E-state index contributed by atoms with van der Waals surface area (Å²) in [6.07, 6.45) is 2.22. The lowest BCUT2D eigenvalue weighted by Crippen LogP contribution is -2.42. The van der Waals surface area contributed by atoms with Crippen LogP contribution in [-0.4, -0.2) is 49.2 Å². The predicted molar refractivity (Wildman–Crippen MR) is 66.9 cm³/mol. The molecule has 2 unspecified atom stereocenters. The number of hydrogen-bond donors (Lipinski definition) is 0. The molecule has 0 spiro atoms. The summed E-state index contributed by atoms with van der Waals surface area (Å²) < 4.78 is 10.2. The molecule has 102 valence electrons. The third-order valence-corrected chi connectivity index (χ3v) is 2.98. The van der Waals surface area contributed by atoms with Crippen LogP contribution in [-0.2, 0) is 19.1 Å². The van der Waals surface area contributed by atoms with Gasteiger partial charge < -0.3 is 14.4 Å². The minimum absolute atomic E-state index is 0.0259. The van der Waals surface area contributed by atoms with Gasteiger partial charge in [-0.25, -0.2) is 0 Å². The monoisotopic (exact) mass is 255 g/mol. The molecule has 1 fully saturated rings. The maximum atomic E-state index is 12.3. The lowest BCUT2D eigenvalue weighted by Gasteiger charge is -2.24. The van der Waals surface area contributed by atoms with Crippen LogP contribution < -0.4 is 0 Å². The molecule has 0 aromatic rings. The van der Waals surface area contributed by atoms with E-state index < -0.39 is 0 Å². The number of carbonyl (C=O) groups excluding carboxylic acids is 2. The third kappa shape index (κ3) is 3.84. The van der Waals surface area contributed by atoms with Gasteiger partial charge in [0, 0.05) is 13.2 Å². The molecule has 1 saturated heterocycles. The lowest BCUT2D eigenvalue weighted by atomic mass is 10.0. The Kier molecular flexibility index (Phi) is 5.85. The molecule has 0 aromatic heterocycles.